The van der Waals surface area contributed by atoms with Crippen LogP contribution in [0.15, 0.2) is 46.2 Å². The van der Waals surface area contributed by atoms with Crippen molar-refractivity contribution < 1.29 is 22.7 Å². The minimum Gasteiger partial charge on any atom is -0.482 e. The smallest absolute Gasteiger partial charge is 0.262 e. The summed E-state index contributed by atoms with van der Waals surface area (Å²) in [6.45, 7) is -0.438. The van der Waals surface area contributed by atoms with Crippen molar-refractivity contribution in [3.05, 3.63) is 52.4 Å². The molecule has 0 bridgehead atoms. The van der Waals surface area contributed by atoms with E-state index >= 15 is 0 Å². The van der Waals surface area contributed by atoms with Crippen molar-refractivity contribution in [2.24, 2.45) is 0 Å². The molecule has 3 rings (SSSR count). The van der Waals surface area contributed by atoms with Crippen molar-refractivity contribution in [3.8, 4) is 5.75 Å². The van der Waals surface area contributed by atoms with E-state index in [-0.39, 0.29) is 29.5 Å². The van der Waals surface area contributed by atoms with Gasteiger partial charge in [0, 0.05) is 31.9 Å². The van der Waals surface area contributed by atoms with Crippen LogP contribution < -0.4 is 15.6 Å². The van der Waals surface area contributed by atoms with Crippen LogP contribution in [0.1, 0.15) is 10.4 Å². The topological polar surface area (TPSA) is 115 Å². The molecule has 0 radical (unpaired) electrons. The SMILES string of the molecule is CN(C)S(=O)(=O)c1ccc(=O)n(CC(=O)c2ccc3c(c2)NC(=O)CO3)c1. The molecule has 0 unspecified atom stereocenters. The summed E-state index contributed by atoms with van der Waals surface area (Å²) in [5.41, 5.74) is 0.122. The fourth-order valence-electron chi connectivity index (χ4n) is 2.50. The van der Waals surface area contributed by atoms with E-state index in [9.17, 15) is 22.8 Å². The lowest BCUT2D eigenvalue weighted by molar-refractivity contribution is -0.118. The average molecular weight is 391 g/mol. The number of Topliss-reactive ketones (excluding diaryl/α,β-unsaturated/α-hetero) is 1. The summed E-state index contributed by atoms with van der Waals surface area (Å²) in [5.74, 6) is -0.300. The van der Waals surface area contributed by atoms with Crippen LogP contribution in [0.25, 0.3) is 0 Å². The number of rotatable bonds is 5. The Kier molecular flexibility index (Phi) is 4.85. The van der Waals surface area contributed by atoms with Gasteiger partial charge in [0.15, 0.2) is 12.4 Å². The summed E-state index contributed by atoms with van der Waals surface area (Å²) in [7, 11) is -0.988. The highest BCUT2D eigenvalue weighted by molar-refractivity contribution is 7.89. The van der Waals surface area contributed by atoms with Gasteiger partial charge in [0.05, 0.1) is 17.1 Å². The molecular weight excluding hydrogens is 374 g/mol. The van der Waals surface area contributed by atoms with Crippen molar-refractivity contribution in [1.29, 1.82) is 0 Å². The Hall–Kier alpha value is -2.98. The molecule has 0 saturated carbocycles. The van der Waals surface area contributed by atoms with Crippen LogP contribution >= 0.6 is 0 Å². The lowest BCUT2D eigenvalue weighted by Crippen LogP contribution is -2.28. The molecule has 0 atom stereocenters. The third-order valence-electron chi connectivity index (χ3n) is 3.98. The number of carbonyl (C=O) groups excluding carboxylic acids is 2. The molecule has 1 aromatic carbocycles. The fourth-order valence-corrected chi connectivity index (χ4v) is 3.42. The van der Waals surface area contributed by atoms with Crippen molar-refractivity contribution in [3.63, 3.8) is 0 Å². The largest absolute Gasteiger partial charge is 0.482 e. The number of carbonyl (C=O) groups is 2. The van der Waals surface area contributed by atoms with Gasteiger partial charge in [-0.3, -0.25) is 14.4 Å². The second-order valence-corrected chi connectivity index (χ2v) is 8.24. The number of nitrogens with one attached hydrogen (secondary N) is 1. The van der Waals surface area contributed by atoms with Gasteiger partial charge in [0.25, 0.3) is 11.5 Å². The first-order chi connectivity index (χ1) is 12.7. The number of aromatic nitrogens is 1. The van der Waals surface area contributed by atoms with E-state index in [4.69, 9.17) is 4.74 Å². The van der Waals surface area contributed by atoms with E-state index in [0.29, 0.717) is 11.4 Å². The van der Waals surface area contributed by atoms with E-state index in [1.807, 2.05) is 0 Å². The Morgan fingerprint density at radius 1 is 1.22 bits per heavy atom. The van der Waals surface area contributed by atoms with E-state index in [0.717, 1.165) is 21.1 Å². The van der Waals surface area contributed by atoms with Gasteiger partial charge in [-0.15, -0.1) is 0 Å². The van der Waals surface area contributed by atoms with Gasteiger partial charge in [0.2, 0.25) is 10.0 Å². The summed E-state index contributed by atoms with van der Waals surface area (Å²) < 4.78 is 31.7. The summed E-state index contributed by atoms with van der Waals surface area (Å²) in [5, 5.41) is 2.60. The predicted octanol–water partition coefficient (Wildman–Crippen LogP) is 0.312. The molecule has 1 amide bonds. The first kappa shape index (κ1) is 18.8. The van der Waals surface area contributed by atoms with Crippen molar-refractivity contribution >= 4 is 27.4 Å². The maximum absolute atomic E-state index is 12.6. The Morgan fingerprint density at radius 3 is 2.67 bits per heavy atom. The van der Waals surface area contributed by atoms with Gasteiger partial charge in [-0.2, -0.15) is 0 Å². The number of nitrogens with zero attached hydrogens (tertiary/aromatic N) is 2. The molecule has 1 N–H and O–H groups in total. The highest BCUT2D eigenvalue weighted by Gasteiger charge is 2.20. The summed E-state index contributed by atoms with van der Waals surface area (Å²) in [6, 6.07) is 6.83. The number of hydrogen-bond acceptors (Lipinski definition) is 6. The van der Waals surface area contributed by atoms with E-state index in [1.54, 1.807) is 6.07 Å². The van der Waals surface area contributed by atoms with Crippen molar-refractivity contribution in [2.45, 2.75) is 11.4 Å². The van der Waals surface area contributed by atoms with Gasteiger partial charge < -0.3 is 14.6 Å². The van der Waals surface area contributed by atoms with Crippen LogP contribution in [0.4, 0.5) is 5.69 Å². The molecule has 1 aliphatic rings. The molecular formula is C17H17N3O6S. The monoisotopic (exact) mass is 391 g/mol. The lowest BCUT2D eigenvalue weighted by Gasteiger charge is -2.18. The maximum Gasteiger partial charge on any atom is 0.262 e. The number of sulfonamides is 1. The minimum absolute atomic E-state index is 0.0917. The number of fused-ring (bicyclic) bond motifs is 1. The van der Waals surface area contributed by atoms with E-state index in [1.165, 1.54) is 32.3 Å². The first-order valence-corrected chi connectivity index (χ1v) is 9.35. The molecule has 0 spiro atoms. The van der Waals surface area contributed by atoms with Gasteiger partial charge in [0.1, 0.15) is 5.75 Å². The van der Waals surface area contributed by atoms with Gasteiger partial charge in [-0.05, 0) is 24.3 Å². The van der Waals surface area contributed by atoms with Crippen LogP contribution in [0.2, 0.25) is 0 Å². The van der Waals surface area contributed by atoms with Crippen LogP contribution in [0.3, 0.4) is 0 Å². The third-order valence-corrected chi connectivity index (χ3v) is 5.78. The Bertz CT molecular complexity index is 1090. The molecule has 10 heteroatoms. The van der Waals surface area contributed by atoms with E-state index in [2.05, 4.69) is 5.32 Å². The number of anilines is 1. The van der Waals surface area contributed by atoms with Crippen LogP contribution in [0, 0.1) is 0 Å². The van der Waals surface area contributed by atoms with Gasteiger partial charge in [-0.1, -0.05) is 0 Å². The molecule has 27 heavy (non-hydrogen) atoms. The van der Waals surface area contributed by atoms with Crippen LogP contribution in [0.5, 0.6) is 5.75 Å². The molecule has 1 aromatic heterocycles. The normalized spacial score (nSPS) is 13.7. The van der Waals surface area contributed by atoms with E-state index < -0.39 is 21.4 Å². The summed E-state index contributed by atoms with van der Waals surface area (Å²) in [6.07, 6.45) is 1.14. The quantitative estimate of drug-likeness (QED) is 0.734. The molecule has 142 valence electrons. The molecule has 9 nitrogen and oxygen atoms in total. The maximum atomic E-state index is 12.6. The second-order valence-electron chi connectivity index (χ2n) is 6.09. The zero-order valence-electron chi connectivity index (χ0n) is 14.6. The Morgan fingerprint density at radius 2 is 1.96 bits per heavy atom. The van der Waals surface area contributed by atoms with Crippen LogP contribution in [-0.4, -0.2) is 49.7 Å². The highest BCUT2D eigenvalue weighted by Crippen LogP contribution is 2.28. The zero-order chi connectivity index (χ0) is 19.8. The summed E-state index contributed by atoms with van der Waals surface area (Å²) in [4.78, 5) is 35.9. The number of ketones is 1. The first-order valence-electron chi connectivity index (χ1n) is 7.91. The standard InChI is InChI=1S/C17H17N3O6S/c1-19(2)27(24,25)12-4-6-17(23)20(8-12)9-14(21)11-3-5-15-13(7-11)18-16(22)10-26-15/h3-8H,9-10H2,1-2H3,(H,18,22). The van der Waals surface area contributed by atoms with Gasteiger partial charge in [-0.25, -0.2) is 12.7 Å². The van der Waals surface area contributed by atoms with Crippen molar-refractivity contribution in [2.75, 3.05) is 26.0 Å². The summed E-state index contributed by atoms with van der Waals surface area (Å²) >= 11 is 0. The predicted molar refractivity (Wildman–Crippen MR) is 96.5 cm³/mol. The Balaban J connectivity index is 1.90. The number of amides is 1. The minimum atomic E-state index is -3.74. The highest BCUT2D eigenvalue weighted by atomic mass is 32.2. The molecule has 2 aromatic rings. The Labute approximate surface area is 155 Å². The molecule has 2 heterocycles. The number of benzene rings is 1. The molecule has 0 fully saturated rings. The second kappa shape index (κ2) is 6.97. The number of pyridine rings is 1. The molecule has 1 aliphatic heterocycles. The van der Waals surface area contributed by atoms with Gasteiger partial charge >= 0.3 is 0 Å². The molecule has 0 aliphatic carbocycles. The lowest BCUT2D eigenvalue weighted by atomic mass is 10.1. The average Bonchev–Trinajstić information content (AvgIpc) is 2.62. The fraction of sp³-hybridized carbons (Fsp3) is 0.235. The third kappa shape index (κ3) is 3.76. The zero-order valence-corrected chi connectivity index (χ0v) is 15.4. The van der Waals surface area contributed by atoms with Crippen molar-refractivity contribution in [1.82, 2.24) is 8.87 Å². The van der Waals surface area contributed by atoms with Crippen LogP contribution in [-0.2, 0) is 21.4 Å². The molecule has 0 saturated heterocycles. The number of hydrogen-bond donors (Lipinski definition) is 1. The number of ether oxygens (including phenoxy) is 1.